The van der Waals surface area contributed by atoms with Crippen LogP contribution in [-0.4, -0.2) is 49.3 Å². The van der Waals surface area contributed by atoms with Crippen LogP contribution in [0.5, 0.6) is 11.5 Å². The first-order valence-electron chi connectivity index (χ1n) is 11.4. The maximum absolute atomic E-state index is 12.6. The molecule has 2 fully saturated rings. The predicted octanol–water partition coefficient (Wildman–Crippen LogP) is 4.13. The SMILES string of the molecule is COc1cccc(CN2CCC[C@@H](c3cc(C(=O)NC4CCCCC4)on3)C2)c1OC. The molecule has 0 radical (unpaired) electrons. The molecule has 1 aliphatic heterocycles. The summed E-state index contributed by atoms with van der Waals surface area (Å²) in [5.74, 6) is 1.98. The Balaban J connectivity index is 1.38. The van der Waals surface area contributed by atoms with Crippen LogP contribution in [0.2, 0.25) is 0 Å². The lowest BCUT2D eigenvalue weighted by molar-refractivity contribution is 0.0890. The van der Waals surface area contributed by atoms with Gasteiger partial charge in [-0.15, -0.1) is 0 Å². The molecule has 4 rings (SSSR count). The van der Waals surface area contributed by atoms with Gasteiger partial charge >= 0.3 is 0 Å². The molecule has 2 aromatic rings. The minimum atomic E-state index is -0.139. The number of hydrogen-bond donors (Lipinski definition) is 1. The second kappa shape index (κ2) is 10.2. The van der Waals surface area contributed by atoms with Crippen LogP contribution in [0.3, 0.4) is 0 Å². The lowest BCUT2D eigenvalue weighted by atomic mass is 9.94. The van der Waals surface area contributed by atoms with Gasteiger partial charge in [-0.3, -0.25) is 9.69 Å². The number of methoxy groups -OCH3 is 2. The molecule has 1 aromatic heterocycles. The Morgan fingerprint density at radius 2 is 2.00 bits per heavy atom. The molecule has 0 unspecified atom stereocenters. The number of benzene rings is 1. The highest BCUT2D eigenvalue weighted by atomic mass is 16.5. The van der Waals surface area contributed by atoms with Gasteiger partial charge in [-0.1, -0.05) is 36.6 Å². The van der Waals surface area contributed by atoms with E-state index >= 15 is 0 Å². The number of hydrogen-bond acceptors (Lipinski definition) is 6. The van der Waals surface area contributed by atoms with Crippen molar-refractivity contribution >= 4 is 5.91 Å². The quantitative estimate of drug-likeness (QED) is 0.716. The topological polar surface area (TPSA) is 76.8 Å². The van der Waals surface area contributed by atoms with E-state index < -0.39 is 0 Å². The Labute approximate surface area is 184 Å². The molecular weight excluding hydrogens is 394 g/mol. The van der Waals surface area contributed by atoms with Crippen molar-refractivity contribution in [3.63, 3.8) is 0 Å². The zero-order chi connectivity index (χ0) is 21.6. The molecule has 31 heavy (non-hydrogen) atoms. The summed E-state index contributed by atoms with van der Waals surface area (Å²) >= 11 is 0. The van der Waals surface area contributed by atoms with Crippen LogP contribution in [-0.2, 0) is 6.54 Å². The maximum atomic E-state index is 12.6. The molecule has 2 aliphatic rings. The number of nitrogens with one attached hydrogen (secondary N) is 1. The molecule has 0 spiro atoms. The second-order valence-electron chi connectivity index (χ2n) is 8.65. The largest absolute Gasteiger partial charge is 0.493 e. The molecule has 1 amide bonds. The van der Waals surface area contributed by atoms with Crippen LogP contribution in [0.4, 0.5) is 0 Å². The summed E-state index contributed by atoms with van der Waals surface area (Å²) < 4.78 is 16.4. The summed E-state index contributed by atoms with van der Waals surface area (Å²) in [6.45, 7) is 2.67. The molecular formula is C24H33N3O4. The molecule has 1 saturated heterocycles. The third-order valence-electron chi connectivity index (χ3n) is 6.49. The van der Waals surface area contributed by atoms with Crippen LogP contribution >= 0.6 is 0 Å². The van der Waals surface area contributed by atoms with Crippen molar-refractivity contribution in [2.24, 2.45) is 0 Å². The summed E-state index contributed by atoms with van der Waals surface area (Å²) in [7, 11) is 3.33. The Kier molecular flexibility index (Phi) is 7.12. The summed E-state index contributed by atoms with van der Waals surface area (Å²) in [4.78, 5) is 15.0. The smallest absolute Gasteiger partial charge is 0.290 e. The van der Waals surface area contributed by atoms with E-state index in [-0.39, 0.29) is 17.9 Å². The molecule has 1 N–H and O–H groups in total. The molecule has 1 aliphatic carbocycles. The first-order chi connectivity index (χ1) is 15.2. The highest BCUT2D eigenvalue weighted by molar-refractivity contribution is 5.91. The summed E-state index contributed by atoms with van der Waals surface area (Å²) in [6.07, 6.45) is 7.86. The predicted molar refractivity (Wildman–Crippen MR) is 118 cm³/mol. The molecule has 0 bridgehead atoms. The van der Waals surface area contributed by atoms with E-state index in [9.17, 15) is 4.79 Å². The van der Waals surface area contributed by atoms with Crippen molar-refractivity contribution in [3.8, 4) is 11.5 Å². The van der Waals surface area contributed by atoms with Crippen molar-refractivity contribution in [2.75, 3.05) is 27.3 Å². The number of aromatic nitrogens is 1. The number of para-hydroxylation sites is 1. The zero-order valence-electron chi connectivity index (χ0n) is 18.6. The minimum Gasteiger partial charge on any atom is -0.493 e. The van der Waals surface area contributed by atoms with Gasteiger partial charge in [0.25, 0.3) is 5.91 Å². The first-order valence-corrected chi connectivity index (χ1v) is 11.4. The molecule has 1 atom stereocenters. The fourth-order valence-corrected chi connectivity index (χ4v) is 4.85. The highest BCUT2D eigenvalue weighted by Crippen LogP contribution is 2.33. The van der Waals surface area contributed by atoms with Crippen LogP contribution in [0.25, 0.3) is 0 Å². The molecule has 1 aromatic carbocycles. The second-order valence-corrected chi connectivity index (χ2v) is 8.65. The highest BCUT2D eigenvalue weighted by Gasteiger charge is 2.27. The minimum absolute atomic E-state index is 0.139. The van der Waals surface area contributed by atoms with Gasteiger partial charge in [0.1, 0.15) is 0 Å². The monoisotopic (exact) mass is 427 g/mol. The van der Waals surface area contributed by atoms with Crippen molar-refractivity contribution in [1.29, 1.82) is 0 Å². The number of carbonyl (C=O) groups excluding carboxylic acids is 1. The fraction of sp³-hybridized carbons (Fsp3) is 0.583. The molecule has 168 valence electrons. The Morgan fingerprint density at radius 1 is 1.16 bits per heavy atom. The number of nitrogens with zero attached hydrogens (tertiary/aromatic N) is 2. The normalized spacial score (nSPS) is 20.4. The third-order valence-corrected chi connectivity index (χ3v) is 6.49. The average Bonchev–Trinajstić information content (AvgIpc) is 3.30. The van der Waals surface area contributed by atoms with E-state index in [1.807, 2.05) is 18.2 Å². The fourth-order valence-electron chi connectivity index (χ4n) is 4.85. The molecule has 7 heteroatoms. The van der Waals surface area contributed by atoms with E-state index in [1.54, 1.807) is 14.2 Å². The third kappa shape index (κ3) is 5.21. The first kappa shape index (κ1) is 21.7. The summed E-state index contributed by atoms with van der Waals surface area (Å²) in [6, 6.07) is 8.08. The van der Waals surface area contributed by atoms with Gasteiger partial charge < -0.3 is 19.3 Å². The number of amides is 1. The maximum Gasteiger partial charge on any atom is 0.290 e. The average molecular weight is 428 g/mol. The van der Waals surface area contributed by atoms with Gasteiger partial charge in [0, 0.05) is 36.7 Å². The Hall–Kier alpha value is -2.54. The van der Waals surface area contributed by atoms with Gasteiger partial charge in [0.15, 0.2) is 11.5 Å². The molecule has 2 heterocycles. The van der Waals surface area contributed by atoms with E-state index in [1.165, 1.54) is 19.3 Å². The molecule has 7 nitrogen and oxygen atoms in total. The van der Waals surface area contributed by atoms with Gasteiger partial charge in [0.05, 0.1) is 19.9 Å². The van der Waals surface area contributed by atoms with Crippen molar-refractivity contribution in [3.05, 3.63) is 41.3 Å². The van der Waals surface area contributed by atoms with Crippen molar-refractivity contribution in [1.82, 2.24) is 15.4 Å². The van der Waals surface area contributed by atoms with Crippen LogP contribution in [0.15, 0.2) is 28.8 Å². The van der Waals surface area contributed by atoms with E-state index in [0.29, 0.717) is 5.76 Å². The summed E-state index contributed by atoms with van der Waals surface area (Å²) in [5.41, 5.74) is 1.98. The van der Waals surface area contributed by atoms with Crippen molar-refractivity contribution < 1.29 is 18.8 Å². The Bertz CT molecular complexity index is 875. The lowest BCUT2D eigenvalue weighted by Gasteiger charge is -2.32. The molecule has 1 saturated carbocycles. The number of carbonyl (C=O) groups is 1. The zero-order valence-corrected chi connectivity index (χ0v) is 18.6. The van der Waals surface area contributed by atoms with Crippen molar-refractivity contribution in [2.45, 2.75) is 63.5 Å². The van der Waals surface area contributed by atoms with Gasteiger partial charge in [-0.05, 0) is 38.3 Å². The number of likely N-dealkylation sites (tertiary alicyclic amines) is 1. The van der Waals surface area contributed by atoms with Gasteiger partial charge in [-0.25, -0.2) is 0 Å². The van der Waals surface area contributed by atoms with Gasteiger partial charge in [0.2, 0.25) is 5.76 Å². The standard InChI is InChI=1S/C24H33N3O4/c1-29-21-12-6-8-18(23(21)30-2)16-27-13-7-9-17(15-27)20-14-22(31-26-20)24(28)25-19-10-4-3-5-11-19/h6,8,12,14,17,19H,3-5,7,9-11,13,15-16H2,1-2H3,(H,25,28)/t17-/m1/s1. The number of rotatable bonds is 7. The van der Waals surface area contributed by atoms with Gasteiger partial charge in [-0.2, -0.15) is 0 Å². The number of piperidine rings is 1. The number of ether oxygens (including phenoxy) is 2. The summed E-state index contributed by atoms with van der Waals surface area (Å²) in [5, 5.41) is 7.36. The van der Waals surface area contributed by atoms with Crippen LogP contribution in [0.1, 0.15) is 72.7 Å². The lowest BCUT2D eigenvalue weighted by Crippen LogP contribution is -2.36. The van der Waals surface area contributed by atoms with E-state index in [4.69, 9.17) is 14.0 Å². The van der Waals surface area contributed by atoms with Crippen LogP contribution in [0, 0.1) is 0 Å². The Morgan fingerprint density at radius 3 is 2.77 bits per heavy atom. The van der Waals surface area contributed by atoms with E-state index in [2.05, 4.69) is 21.4 Å². The van der Waals surface area contributed by atoms with E-state index in [0.717, 1.165) is 68.1 Å². The van der Waals surface area contributed by atoms with Crippen LogP contribution < -0.4 is 14.8 Å².